The van der Waals surface area contributed by atoms with E-state index in [0.717, 1.165) is 38.4 Å². The normalized spacial score (nSPS) is 16.6. The average molecular weight is 373 g/mol. The van der Waals surface area contributed by atoms with Gasteiger partial charge in [0.05, 0.1) is 18.8 Å². The van der Waals surface area contributed by atoms with Crippen molar-refractivity contribution in [2.75, 3.05) is 38.0 Å². The first-order valence-corrected chi connectivity index (χ1v) is 10.0. The summed E-state index contributed by atoms with van der Waals surface area (Å²) in [5, 5.41) is 6.32. The molecule has 0 bridgehead atoms. The summed E-state index contributed by atoms with van der Waals surface area (Å²) in [6.07, 6.45) is 0. The molecule has 0 saturated carbocycles. The van der Waals surface area contributed by atoms with Crippen molar-refractivity contribution in [2.45, 2.75) is 32.7 Å². The third-order valence-corrected chi connectivity index (χ3v) is 5.40. The van der Waals surface area contributed by atoms with Crippen molar-refractivity contribution in [3.05, 3.63) is 46.4 Å². The lowest BCUT2D eigenvalue weighted by molar-refractivity contribution is -0.117. The Balaban J connectivity index is 1.43. The van der Waals surface area contributed by atoms with Crippen LogP contribution in [0.5, 0.6) is 0 Å². The zero-order valence-electron chi connectivity index (χ0n) is 15.9. The molecule has 1 N–H and O–H groups in total. The second-order valence-corrected chi connectivity index (χ2v) is 8.79. The maximum Gasteiger partial charge on any atom is 0.238 e. The summed E-state index contributed by atoms with van der Waals surface area (Å²) in [6.45, 7) is 11.7. The summed E-state index contributed by atoms with van der Waals surface area (Å²) in [5.41, 5.74) is 2.14. The Morgan fingerprint density at radius 3 is 2.38 bits per heavy atom. The molecule has 0 aliphatic carbocycles. The van der Waals surface area contributed by atoms with Crippen LogP contribution >= 0.6 is 11.3 Å². The highest BCUT2D eigenvalue weighted by Gasteiger charge is 2.21. The van der Waals surface area contributed by atoms with Crippen molar-refractivity contribution in [3.8, 4) is 0 Å². The largest absolute Gasteiger partial charge is 0.325 e. The standard InChI is InChI=1S/C20H28N4OS/c1-20(2,3)17-15-26-19(22-17)14-24-11-9-23(10-12-24)13-18(25)21-16-7-5-4-6-8-16/h4-8,15H,9-14H2,1-3H3,(H,21,25). The van der Waals surface area contributed by atoms with Crippen molar-refractivity contribution in [1.29, 1.82) is 0 Å². The predicted octanol–water partition coefficient (Wildman–Crippen LogP) is 3.20. The molecule has 140 valence electrons. The third kappa shape index (κ3) is 5.37. The maximum atomic E-state index is 12.2. The van der Waals surface area contributed by atoms with Crippen LogP contribution in [0, 0.1) is 0 Å². The topological polar surface area (TPSA) is 48.5 Å². The fraction of sp³-hybridized carbons (Fsp3) is 0.500. The van der Waals surface area contributed by atoms with Crippen molar-refractivity contribution >= 4 is 22.9 Å². The summed E-state index contributed by atoms with van der Waals surface area (Å²) in [7, 11) is 0. The monoisotopic (exact) mass is 372 g/mol. The van der Waals surface area contributed by atoms with E-state index < -0.39 is 0 Å². The quantitative estimate of drug-likeness (QED) is 0.876. The minimum atomic E-state index is 0.0550. The molecule has 26 heavy (non-hydrogen) atoms. The van der Waals surface area contributed by atoms with Crippen LogP contribution in [0.3, 0.4) is 0 Å². The maximum absolute atomic E-state index is 12.2. The number of carbonyl (C=O) groups excluding carboxylic acids is 1. The van der Waals surface area contributed by atoms with Crippen LogP contribution in [0.15, 0.2) is 35.7 Å². The minimum Gasteiger partial charge on any atom is -0.325 e. The molecular formula is C20H28N4OS. The predicted molar refractivity (Wildman–Crippen MR) is 108 cm³/mol. The van der Waals surface area contributed by atoms with Crippen LogP contribution in [0.4, 0.5) is 5.69 Å². The Hall–Kier alpha value is -1.76. The molecule has 1 aliphatic heterocycles. The Labute approximate surface area is 160 Å². The number of piperazine rings is 1. The number of hydrogen-bond donors (Lipinski definition) is 1. The summed E-state index contributed by atoms with van der Waals surface area (Å²) < 4.78 is 0. The van der Waals surface area contributed by atoms with E-state index in [1.54, 1.807) is 11.3 Å². The molecule has 6 heteroatoms. The number of aromatic nitrogens is 1. The van der Waals surface area contributed by atoms with Gasteiger partial charge in [-0.2, -0.15) is 0 Å². The molecule has 2 aromatic rings. The van der Waals surface area contributed by atoms with E-state index >= 15 is 0 Å². The second kappa shape index (κ2) is 8.29. The third-order valence-electron chi connectivity index (χ3n) is 4.57. The van der Waals surface area contributed by atoms with Crippen LogP contribution in [0.25, 0.3) is 0 Å². The van der Waals surface area contributed by atoms with Crippen LogP contribution in [-0.4, -0.2) is 53.4 Å². The van der Waals surface area contributed by atoms with Gasteiger partial charge in [-0.05, 0) is 12.1 Å². The number of thiazole rings is 1. The highest BCUT2D eigenvalue weighted by atomic mass is 32.1. The van der Waals surface area contributed by atoms with Crippen LogP contribution in [-0.2, 0) is 16.8 Å². The SMILES string of the molecule is CC(C)(C)c1csc(CN2CCN(CC(=O)Nc3ccccc3)CC2)n1. The molecule has 5 nitrogen and oxygen atoms in total. The lowest BCUT2D eigenvalue weighted by Crippen LogP contribution is -2.48. The number of carbonyl (C=O) groups is 1. The van der Waals surface area contributed by atoms with Gasteiger partial charge in [-0.15, -0.1) is 11.3 Å². The summed E-state index contributed by atoms with van der Waals surface area (Å²) in [6, 6.07) is 9.63. The minimum absolute atomic E-state index is 0.0550. The van der Waals surface area contributed by atoms with Gasteiger partial charge in [0.15, 0.2) is 0 Å². The van der Waals surface area contributed by atoms with Gasteiger partial charge in [0.25, 0.3) is 0 Å². The van der Waals surface area contributed by atoms with E-state index in [0.29, 0.717) is 6.54 Å². The van der Waals surface area contributed by atoms with Gasteiger partial charge in [-0.1, -0.05) is 39.0 Å². The molecule has 0 atom stereocenters. The zero-order valence-corrected chi connectivity index (χ0v) is 16.7. The van der Waals surface area contributed by atoms with Gasteiger partial charge in [0.2, 0.25) is 5.91 Å². The number of amides is 1. The van der Waals surface area contributed by atoms with Gasteiger partial charge in [-0.3, -0.25) is 14.6 Å². The first kappa shape index (κ1) is 19.0. The smallest absolute Gasteiger partial charge is 0.238 e. The summed E-state index contributed by atoms with van der Waals surface area (Å²) in [4.78, 5) is 21.6. The molecule has 1 amide bonds. The summed E-state index contributed by atoms with van der Waals surface area (Å²) >= 11 is 1.75. The number of para-hydroxylation sites is 1. The molecule has 1 fully saturated rings. The molecule has 0 radical (unpaired) electrons. The van der Waals surface area contributed by atoms with Crippen LogP contribution in [0.1, 0.15) is 31.5 Å². The van der Waals surface area contributed by atoms with Gasteiger partial charge >= 0.3 is 0 Å². The second-order valence-electron chi connectivity index (χ2n) is 7.84. The first-order valence-electron chi connectivity index (χ1n) is 9.14. The zero-order chi connectivity index (χ0) is 18.6. The Kier molecular flexibility index (Phi) is 6.06. The Bertz CT molecular complexity index is 715. The van der Waals surface area contributed by atoms with Crippen LogP contribution < -0.4 is 5.32 Å². The lowest BCUT2D eigenvalue weighted by Gasteiger charge is -2.33. The van der Waals surface area contributed by atoms with Gasteiger partial charge in [-0.25, -0.2) is 4.98 Å². The number of anilines is 1. The molecule has 2 heterocycles. The average Bonchev–Trinajstić information content (AvgIpc) is 3.06. The molecule has 1 aliphatic rings. The Morgan fingerprint density at radius 1 is 1.12 bits per heavy atom. The van der Waals surface area contributed by atoms with Crippen molar-refractivity contribution in [1.82, 2.24) is 14.8 Å². The number of nitrogens with zero attached hydrogens (tertiary/aromatic N) is 3. The van der Waals surface area contributed by atoms with Gasteiger partial charge in [0, 0.05) is 42.7 Å². The molecule has 0 spiro atoms. The molecule has 1 aromatic carbocycles. The van der Waals surface area contributed by atoms with Gasteiger partial charge in [0.1, 0.15) is 5.01 Å². The fourth-order valence-corrected chi connectivity index (χ4v) is 4.01. The van der Waals surface area contributed by atoms with Crippen molar-refractivity contribution in [2.24, 2.45) is 0 Å². The van der Waals surface area contributed by atoms with E-state index in [-0.39, 0.29) is 11.3 Å². The fourth-order valence-electron chi connectivity index (χ4n) is 2.95. The molecule has 1 saturated heterocycles. The van der Waals surface area contributed by atoms with E-state index in [4.69, 9.17) is 4.98 Å². The Morgan fingerprint density at radius 2 is 1.77 bits per heavy atom. The van der Waals surface area contributed by atoms with E-state index in [2.05, 4.69) is 41.3 Å². The number of nitrogens with one attached hydrogen (secondary N) is 1. The van der Waals surface area contributed by atoms with E-state index in [9.17, 15) is 4.79 Å². The van der Waals surface area contributed by atoms with Crippen LogP contribution in [0.2, 0.25) is 0 Å². The first-order chi connectivity index (χ1) is 12.4. The number of hydrogen-bond acceptors (Lipinski definition) is 5. The molecule has 3 rings (SSSR count). The summed E-state index contributed by atoms with van der Waals surface area (Å²) in [5.74, 6) is 0.0550. The molecular weight excluding hydrogens is 344 g/mol. The number of benzene rings is 1. The highest BCUT2D eigenvalue weighted by molar-refractivity contribution is 7.09. The molecule has 0 unspecified atom stereocenters. The molecule has 1 aromatic heterocycles. The number of rotatable bonds is 5. The lowest BCUT2D eigenvalue weighted by atomic mass is 9.93. The van der Waals surface area contributed by atoms with E-state index in [1.807, 2.05) is 30.3 Å². The van der Waals surface area contributed by atoms with Crippen molar-refractivity contribution < 1.29 is 4.79 Å². The highest BCUT2D eigenvalue weighted by Crippen LogP contribution is 2.24. The van der Waals surface area contributed by atoms with E-state index in [1.165, 1.54) is 10.7 Å². The van der Waals surface area contributed by atoms with Crippen molar-refractivity contribution in [3.63, 3.8) is 0 Å². The van der Waals surface area contributed by atoms with Gasteiger partial charge < -0.3 is 5.32 Å².